The van der Waals surface area contributed by atoms with Crippen molar-refractivity contribution >= 4 is 11.8 Å². The van der Waals surface area contributed by atoms with Gasteiger partial charge in [-0.25, -0.2) is 0 Å². The maximum atomic E-state index is 12.0. The van der Waals surface area contributed by atoms with E-state index in [0.29, 0.717) is 19.6 Å². The summed E-state index contributed by atoms with van der Waals surface area (Å²) in [5, 5.41) is 3.23. The molecule has 2 rings (SSSR count). The quantitative estimate of drug-likeness (QED) is 0.771. The molecule has 0 spiro atoms. The number of hydrogen-bond donors (Lipinski definition) is 1. The van der Waals surface area contributed by atoms with E-state index >= 15 is 0 Å². The van der Waals surface area contributed by atoms with Crippen LogP contribution in [0.3, 0.4) is 0 Å². The van der Waals surface area contributed by atoms with Crippen LogP contribution in [0.4, 0.5) is 0 Å². The Bertz CT molecular complexity index is 315. The lowest BCUT2D eigenvalue weighted by molar-refractivity contribution is -0.132. The monoisotopic (exact) mass is 253 g/mol. The van der Waals surface area contributed by atoms with Gasteiger partial charge in [-0.1, -0.05) is 0 Å². The van der Waals surface area contributed by atoms with Gasteiger partial charge < -0.3 is 15.1 Å². The van der Waals surface area contributed by atoms with E-state index in [-0.39, 0.29) is 11.8 Å². The molecule has 5 nitrogen and oxygen atoms in total. The summed E-state index contributed by atoms with van der Waals surface area (Å²) in [6, 6.07) is 0. The first-order valence-electron chi connectivity index (χ1n) is 6.91. The summed E-state index contributed by atoms with van der Waals surface area (Å²) in [6.45, 7) is 5.89. The summed E-state index contributed by atoms with van der Waals surface area (Å²) in [6.07, 6.45) is 3.49. The second-order valence-electron chi connectivity index (χ2n) is 5.31. The summed E-state index contributed by atoms with van der Waals surface area (Å²) >= 11 is 0. The Balaban J connectivity index is 1.70. The van der Waals surface area contributed by atoms with Crippen LogP contribution in [0.1, 0.15) is 26.2 Å². The third-order valence-electron chi connectivity index (χ3n) is 3.70. The first-order valence-corrected chi connectivity index (χ1v) is 6.91. The van der Waals surface area contributed by atoms with Crippen LogP contribution in [-0.4, -0.2) is 60.9 Å². The number of carbonyl (C=O) groups excluding carboxylic acids is 2. The molecule has 1 N–H and O–H groups in total. The van der Waals surface area contributed by atoms with E-state index in [4.69, 9.17) is 0 Å². The molecular formula is C13H23N3O2. The topological polar surface area (TPSA) is 52.7 Å². The van der Waals surface area contributed by atoms with Gasteiger partial charge in [0.05, 0.1) is 6.54 Å². The molecule has 0 aromatic heterocycles. The molecule has 0 unspecified atom stereocenters. The molecule has 0 radical (unpaired) electrons. The second kappa shape index (κ2) is 6.18. The predicted octanol–water partition coefficient (Wildman–Crippen LogP) is 0.0668. The van der Waals surface area contributed by atoms with Crippen LogP contribution in [0, 0.1) is 5.92 Å². The van der Waals surface area contributed by atoms with Crippen LogP contribution in [0.5, 0.6) is 0 Å². The lowest BCUT2D eigenvalue weighted by Crippen LogP contribution is -2.41. The van der Waals surface area contributed by atoms with E-state index in [1.54, 1.807) is 6.92 Å². The summed E-state index contributed by atoms with van der Waals surface area (Å²) in [5.74, 6) is 1.08. The maximum Gasteiger partial charge on any atom is 0.236 e. The highest BCUT2D eigenvalue weighted by Gasteiger charge is 2.22. The molecule has 5 heteroatoms. The van der Waals surface area contributed by atoms with E-state index in [2.05, 4.69) is 5.32 Å². The van der Waals surface area contributed by atoms with E-state index < -0.39 is 0 Å². The SMILES string of the molecule is CC(=O)N1CCCN(C(=O)CNCC2CC2)CC1. The van der Waals surface area contributed by atoms with Gasteiger partial charge in [0, 0.05) is 33.1 Å². The fraction of sp³-hybridized carbons (Fsp3) is 0.846. The Morgan fingerprint density at radius 2 is 1.78 bits per heavy atom. The van der Waals surface area contributed by atoms with Crippen LogP contribution >= 0.6 is 0 Å². The van der Waals surface area contributed by atoms with Crippen molar-refractivity contribution in [2.45, 2.75) is 26.2 Å². The summed E-state index contributed by atoms with van der Waals surface area (Å²) in [7, 11) is 0. The van der Waals surface area contributed by atoms with E-state index in [1.165, 1.54) is 12.8 Å². The molecule has 0 aromatic rings. The van der Waals surface area contributed by atoms with Crippen molar-refractivity contribution in [2.24, 2.45) is 5.92 Å². The van der Waals surface area contributed by atoms with Gasteiger partial charge in [0.15, 0.2) is 0 Å². The molecule has 1 aliphatic heterocycles. The third kappa shape index (κ3) is 3.98. The van der Waals surface area contributed by atoms with E-state index in [9.17, 15) is 9.59 Å². The van der Waals surface area contributed by atoms with Crippen molar-refractivity contribution < 1.29 is 9.59 Å². The minimum atomic E-state index is 0.108. The first kappa shape index (κ1) is 13.3. The summed E-state index contributed by atoms with van der Waals surface area (Å²) < 4.78 is 0. The fourth-order valence-corrected chi connectivity index (χ4v) is 2.30. The zero-order valence-electron chi connectivity index (χ0n) is 11.2. The average Bonchev–Trinajstić information content (AvgIpc) is 3.14. The van der Waals surface area contributed by atoms with Gasteiger partial charge in [0.25, 0.3) is 0 Å². The maximum absolute atomic E-state index is 12.0. The van der Waals surface area contributed by atoms with Gasteiger partial charge >= 0.3 is 0 Å². The molecule has 0 bridgehead atoms. The Morgan fingerprint density at radius 1 is 1.11 bits per heavy atom. The number of rotatable bonds is 4. The Labute approximate surface area is 108 Å². The van der Waals surface area contributed by atoms with Crippen molar-refractivity contribution in [1.82, 2.24) is 15.1 Å². The number of nitrogens with zero attached hydrogens (tertiary/aromatic N) is 2. The van der Waals surface area contributed by atoms with Crippen LogP contribution in [0.15, 0.2) is 0 Å². The van der Waals surface area contributed by atoms with Gasteiger partial charge in [-0.3, -0.25) is 9.59 Å². The number of amides is 2. The molecule has 1 saturated carbocycles. The van der Waals surface area contributed by atoms with Crippen molar-refractivity contribution in [3.8, 4) is 0 Å². The standard InChI is InChI=1S/C13H23N3O2/c1-11(17)15-5-2-6-16(8-7-15)13(18)10-14-9-12-3-4-12/h12,14H,2-10H2,1H3. The van der Waals surface area contributed by atoms with Gasteiger partial charge in [0.1, 0.15) is 0 Å². The minimum absolute atomic E-state index is 0.108. The molecule has 0 aromatic carbocycles. The van der Waals surface area contributed by atoms with Crippen molar-refractivity contribution in [1.29, 1.82) is 0 Å². The molecule has 1 saturated heterocycles. The highest BCUT2D eigenvalue weighted by molar-refractivity contribution is 5.78. The van der Waals surface area contributed by atoms with Gasteiger partial charge in [-0.15, -0.1) is 0 Å². The zero-order valence-corrected chi connectivity index (χ0v) is 11.2. The van der Waals surface area contributed by atoms with Crippen LogP contribution < -0.4 is 5.32 Å². The van der Waals surface area contributed by atoms with Crippen LogP contribution in [0.25, 0.3) is 0 Å². The Morgan fingerprint density at radius 3 is 2.44 bits per heavy atom. The van der Waals surface area contributed by atoms with Crippen LogP contribution in [0.2, 0.25) is 0 Å². The van der Waals surface area contributed by atoms with Gasteiger partial charge in [-0.05, 0) is 31.7 Å². The Kier molecular flexibility index (Phi) is 4.58. The molecule has 2 aliphatic rings. The smallest absolute Gasteiger partial charge is 0.236 e. The first-order chi connectivity index (χ1) is 8.66. The number of carbonyl (C=O) groups is 2. The molecule has 2 fully saturated rings. The normalized spacial score (nSPS) is 20.7. The highest BCUT2D eigenvalue weighted by atomic mass is 16.2. The fourth-order valence-electron chi connectivity index (χ4n) is 2.30. The lowest BCUT2D eigenvalue weighted by Gasteiger charge is -2.21. The largest absolute Gasteiger partial charge is 0.341 e. The number of nitrogens with one attached hydrogen (secondary N) is 1. The molecule has 0 atom stereocenters. The van der Waals surface area contributed by atoms with Crippen molar-refractivity contribution in [3.63, 3.8) is 0 Å². The zero-order chi connectivity index (χ0) is 13.0. The van der Waals surface area contributed by atoms with Crippen molar-refractivity contribution in [2.75, 3.05) is 39.3 Å². The van der Waals surface area contributed by atoms with Gasteiger partial charge in [0.2, 0.25) is 11.8 Å². The summed E-state index contributed by atoms with van der Waals surface area (Å²) in [5.41, 5.74) is 0. The second-order valence-corrected chi connectivity index (χ2v) is 5.31. The molecular weight excluding hydrogens is 230 g/mol. The lowest BCUT2D eigenvalue weighted by atomic mass is 10.3. The van der Waals surface area contributed by atoms with E-state index in [0.717, 1.165) is 32.0 Å². The minimum Gasteiger partial charge on any atom is -0.341 e. The third-order valence-corrected chi connectivity index (χ3v) is 3.70. The van der Waals surface area contributed by atoms with Gasteiger partial charge in [-0.2, -0.15) is 0 Å². The Hall–Kier alpha value is -1.10. The molecule has 102 valence electrons. The summed E-state index contributed by atoms with van der Waals surface area (Å²) in [4.78, 5) is 27.0. The van der Waals surface area contributed by atoms with Crippen LogP contribution in [-0.2, 0) is 9.59 Å². The predicted molar refractivity (Wildman–Crippen MR) is 69.0 cm³/mol. The number of hydrogen-bond acceptors (Lipinski definition) is 3. The van der Waals surface area contributed by atoms with E-state index in [1.807, 2.05) is 9.80 Å². The highest BCUT2D eigenvalue weighted by Crippen LogP contribution is 2.27. The van der Waals surface area contributed by atoms with Crippen molar-refractivity contribution in [3.05, 3.63) is 0 Å². The molecule has 2 amide bonds. The molecule has 18 heavy (non-hydrogen) atoms. The molecule has 1 aliphatic carbocycles. The average molecular weight is 253 g/mol. The molecule has 1 heterocycles.